The summed E-state index contributed by atoms with van der Waals surface area (Å²) in [5, 5.41) is 0. The first-order chi connectivity index (χ1) is 9.29. The van der Waals surface area contributed by atoms with Gasteiger partial charge in [-0.25, -0.2) is 0 Å². The number of rotatable bonds is 3. The molecule has 112 valence electrons. The number of halogens is 1. The average molecular weight is 362 g/mol. The highest BCUT2D eigenvalue weighted by atomic mass is 79.9. The molecule has 0 bridgehead atoms. The summed E-state index contributed by atoms with van der Waals surface area (Å²) in [6.07, 6.45) is 1.97. The highest BCUT2D eigenvalue weighted by Gasteiger charge is 2.28. The van der Waals surface area contributed by atoms with E-state index >= 15 is 0 Å². The van der Waals surface area contributed by atoms with Crippen LogP contribution in [0.15, 0.2) is 16.6 Å². The van der Waals surface area contributed by atoms with E-state index in [4.69, 9.17) is 5.73 Å². The number of nitrogen functional groups attached to an aromatic ring is 1. The van der Waals surface area contributed by atoms with Crippen LogP contribution in [0.4, 0.5) is 11.4 Å². The van der Waals surface area contributed by atoms with E-state index in [0.717, 1.165) is 18.4 Å². The van der Waals surface area contributed by atoms with Gasteiger partial charge in [-0.15, -0.1) is 0 Å². The van der Waals surface area contributed by atoms with Crippen molar-refractivity contribution in [2.45, 2.75) is 26.7 Å². The summed E-state index contributed by atoms with van der Waals surface area (Å²) in [6.45, 7) is 5.09. The molecule has 0 aromatic heterocycles. The molecule has 1 aliphatic rings. The molecule has 1 heterocycles. The molecule has 7 heteroatoms. The first kappa shape index (κ1) is 15.6. The maximum atomic E-state index is 12.4. The molecule has 1 fully saturated rings. The number of nitrogens with one attached hydrogen (secondary N) is 1. The summed E-state index contributed by atoms with van der Waals surface area (Å²) in [7, 11) is -3.55. The van der Waals surface area contributed by atoms with Gasteiger partial charge >= 0.3 is 10.2 Å². The fraction of sp³-hybridized carbons (Fsp3) is 0.538. The Kier molecular flexibility index (Phi) is 4.61. The van der Waals surface area contributed by atoms with E-state index in [0.29, 0.717) is 34.9 Å². The summed E-state index contributed by atoms with van der Waals surface area (Å²) < 4.78 is 29.6. The monoisotopic (exact) mass is 361 g/mol. The van der Waals surface area contributed by atoms with Crippen molar-refractivity contribution >= 4 is 37.5 Å². The summed E-state index contributed by atoms with van der Waals surface area (Å²) in [5.41, 5.74) is 7.72. The van der Waals surface area contributed by atoms with Crippen LogP contribution in [-0.2, 0) is 10.2 Å². The Balaban J connectivity index is 2.24. The van der Waals surface area contributed by atoms with Crippen LogP contribution >= 0.6 is 15.9 Å². The molecular weight excluding hydrogens is 342 g/mol. The van der Waals surface area contributed by atoms with Gasteiger partial charge in [-0.05, 0) is 59.3 Å². The number of anilines is 2. The molecule has 0 radical (unpaired) electrons. The standard InChI is InChI=1S/C13H20BrN3O2S/c1-9-4-3-5-17(8-9)20(18,19)16-13-11(14)6-10(2)7-12(13)15/h6-7,9,16H,3-5,8,15H2,1-2H3. The summed E-state index contributed by atoms with van der Waals surface area (Å²) in [4.78, 5) is 0. The zero-order valence-electron chi connectivity index (χ0n) is 11.7. The van der Waals surface area contributed by atoms with E-state index in [9.17, 15) is 8.42 Å². The van der Waals surface area contributed by atoms with Gasteiger partial charge in [0.15, 0.2) is 0 Å². The van der Waals surface area contributed by atoms with Gasteiger partial charge in [-0.1, -0.05) is 6.92 Å². The average Bonchev–Trinajstić information content (AvgIpc) is 2.34. The van der Waals surface area contributed by atoms with Crippen LogP contribution in [0.5, 0.6) is 0 Å². The van der Waals surface area contributed by atoms with Gasteiger partial charge in [0, 0.05) is 17.6 Å². The van der Waals surface area contributed by atoms with E-state index in [1.54, 1.807) is 6.07 Å². The summed E-state index contributed by atoms with van der Waals surface area (Å²) in [6, 6.07) is 3.59. The third kappa shape index (κ3) is 3.45. The van der Waals surface area contributed by atoms with Crippen LogP contribution in [0.2, 0.25) is 0 Å². The fourth-order valence-electron chi connectivity index (χ4n) is 2.43. The highest BCUT2D eigenvalue weighted by Crippen LogP contribution is 2.32. The zero-order valence-corrected chi connectivity index (χ0v) is 14.1. The Morgan fingerprint density at radius 2 is 2.15 bits per heavy atom. The van der Waals surface area contributed by atoms with Crippen molar-refractivity contribution < 1.29 is 8.42 Å². The van der Waals surface area contributed by atoms with Crippen LogP contribution in [0, 0.1) is 12.8 Å². The minimum Gasteiger partial charge on any atom is -0.397 e. The number of piperidine rings is 1. The molecule has 5 nitrogen and oxygen atoms in total. The quantitative estimate of drug-likeness (QED) is 0.812. The second-order valence-corrected chi connectivity index (χ2v) is 7.95. The second-order valence-electron chi connectivity index (χ2n) is 5.42. The maximum absolute atomic E-state index is 12.4. The van der Waals surface area contributed by atoms with E-state index < -0.39 is 10.2 Å². The van der Waals surface area contributed by atoms with Gasteiger partial charge in [0.2, 0.25) is 0 Å². The molecule has 1 saturated heterocycles. The minimum absolute atomic E-state index is 0.388. The molecule has 20 heavy (non-hydrogen) atoms. The molecular formula is C13H20BrN3O2S. The molecule has 1 atom stereocenters. The van der Waals surface area contributed by atoms with Crippen LogP contribution in [0.3, 0.4) is 0 Å². The second kappa shape index (κ2) is 5.91. The molecule has 1 aromatic rings. The Morgan fingerprint density at radius 3 is 2.75 bits per heavy atom. The van der Waals surface area contributed by atoms with Gasteiger partial charge in [0.05, 0.1) is 11.4 Å². The lowest BCUT2D eigenvalue weighted by Gasteiger charge is -2.30. The zero-order chi connectivity index (χ0) is 14.9. The van der Waals surface area contributed by atoms with Gasteiger partial charge in [-0.3, -0.25) is 4.72 Å². The summed E-state index contributed by atoms with van der Waals surface area (Å²) >= 11 is 3.36. The first-order valence-electron chi connectivity index (χ1n) is 6.63. The molecule has 0 aliphatic carbocycles. The smallest absolute Gasteiger partial charge is 0.301 e. The van der Waals surface area contributed by atoms with Gasteiger partial charge in [-0.2, -0.15) is 12.7 Å². The molecule has 0 saturated carbocycles. The largest absolute Gasteiger partial charge is 0.397 e. The number of benzene rings is 1. The summed E-state index contributed by atoms with van der Waals surface area (Å²) in [5.74, 6) is 0.388. The van der Waals surface area contributed by atoms with Crippen molar-refractivity contribution in [3.63, 3.8) is 0 Å². The van der Waals surface area contributed by atoms with Crippen molar-refractivity contribution in [3.8, 4) is 0 Å². The molecule has 1 aromatic carbocycles. The molecule has 1 unspecified atom stereocenters. The van der Waals surface area contributed by atoms with E-state index in [1.807, 2.05) is 13.0 Å². The van der Waals surface area contributed by atoms with E-state index in [1.165, 1.54) is 4.31 Å². The Morgan fingerprint density at radius 1 is 1.45 bits per heavy atom. The van der Waals surface area contributed by atoms with Crippen molar-refractivity contribution in [2.75, 3.05) is 23.5 Å². The number of hydrogen-bond donors (Lipinski definition) is 2. The lowest BCUT2D eigenvalue weighted by atomic mass is 10.0. The lowest BCUT2D eigenvalue weighted by Crippen LogP contribution is -2.42. The van der Waals surface area contributed by atoms with Crippen molar-refractivity contribution in [2.24, 2.45) is 5.92 Å². The third-order valence-electron chi connectivity index (χ3n) is 3.46. The maximum Gasteiger partial charge on any atom is 0.301 e. The van der Waals surface area contributed by atoms with Crippen molar-refractivity contribution in [1.82, 2.24) is 4.31 Å². The predicted molar refractivity (Wildman–Crippen MR) is 85.8 cm³/mol. The molecule has 1 aliphatic heterocycles. The van der Waals surface area contributed by atoms with Crippen LogP contribution in [0.25, 0.3) is 0 Å². The normalized spacial score (nSPS) is 20.9. The van der Waals surface area contributed by atoms with Crippen molar-refractivity contribution in [3.05, 3.63) is 22.2 Å². The predicted octanol–water partition coefficient (Wildman–Crippen LogP) is 2.73. The number of hydrogen-bond acceptors (Lipinski definition) is 3. The molecule has 2 rings (SSSR count). The lowest BCUT2D eigenvalue weighted by molar-refractivity contribution is 0.282. The third-order valence-corrected chi connectivity index (χ3v) is 5.55. The minimum atomic E-state index is -3.55. The number of nitrogens with zero attached hydrogens (tertiary/aromatic N) is 1. The fourth-order valence-corrected chi connectivity index (χ4v) is 4.69. The van der Waals surface area contributed by atoms with Crippen LogP contribution in [-0.4, -0.2) is 25.8 Å². The van der Waals surface area contributed by atoms with Gasteiger partial charge in [0.25, 0.3) is 0 Å². The van der Waals surface area contributed by atoms with Crippen LogP contribution < -0.4 is 10.5 Å². The molecule has 3 N–H and O–H groups in total. The van der Waals surface area contributed by atoms with Gasteiger partial charge < -0.3 is 5.73 Å². The Labute approximate surface area is 128 Å². The van der Waals surface area contributed by atoms with Gasteiger partial charge in [0.1, 0.15) is 0 Å². The first-order valence-corrected chi connectivity index (χ1v) is 8.86. The number of aryl methyl sites for hydroxylation is 1. The Hall–Kier alpha value is -0.790. The highest BCUT2D eigenvalue weighted by molar-refractivity contribution is 9.10. The number of nitrogens with two attached hydrogens (primary N) is 1. The Bertz CT molecular complexity index is 581. The molecule has 0 spiro atoms. The van der Waals surface area contributed by atoms with E-state index in [-0.39, 0.29) is 0 Å². The topological polar surface area (TPSA) is 75.4 Å². The van der Waals surface area contributed by atoms with E-state index in [2.05, 4.69) is 27.6 Å². The molecule has 0 amide bonds. The van der Waals surface area contributed by atoms with Crippen molar-refractivity contribution in [1.29, 1.82) is 0 Å². The van der Waals surface area contributed by atoms with Crippen LogP contribution in [0.1, 0.15) is 25.3 Å². The SMILES string of the molecule is Cc1cc(N)c(NS(=O)(=O)N2CCCC(C)C2)c(Br)c1.